The zero-order chi connectivity index (χ0) is 18.3. The second kappa shape index (κ2) is 6.93. The molecule has 1 saturated heterocycles. The maximum absolute atomic E-state index is 12.6. The fourth-order valence-electron chi connectivity index (χ4n) is 3.36. The molecule has 0 N–H and O–H groups in total. The molecule has 0 amide bonds. The highest BCUT2D eigenvalue weighted by Crippen LogP contribution is 2.18. The zero-order valence-electron chi connectivity index (χ0n) is 15.0. The van der Waals surface area contributed by atoms with E-state index in [0.29, 0.717) is 30.2 Å². The molecule has 0 radical (unpaired) electrons. The van der Waals surface area contributed by atoms with Crippen molar-refractivity contribution in [3.8, 4) is 0 Å². The zero-order valence-corrected chi connectivity index (χ0v) is 15.8. The first kappa shape index (κ1) is 18.2. The minimum atomic E-state index is -0.421. The van der Waals surface area contributed by atoms with Crippen molar-refractivity contribution in [2.45, 2.75) is 26.5 Å². The van der Waals surface area contributed by atoms with Crippen LogP contribution in [0.25, 0.3) is 11.2 Å². The Bertz CT molecular complexity index is 898. The van der Waals surface area contributed by atoms with Gasteiger partial charge < -0.3 is 9.30 Å². The van der Waals surface area contributed by atoms with Gasteiger partial charge in [-0.25, -0.2) is 4.79 Å². The van der Waals surface area contributed by atoms with Crippen LogP contribution in [0.4, 0.5) is 0 Å². The van der Waals surface area contributed by atoms with E-state index >= 15 is 0 Å². The minimum absolute atomic E-state index is 0.0793. The van der Waals surface area contributed by atoms with Gasteiger partial charge in [0.15, 0.2) is 11.2 Å². The minimum Gasteiger partial charge on any atom is -0.374 e. The number of rotatable bonds is 4. The molecular weight excluding hydrogens is 346 g/mol. The van der Waals surface area contributed by atoms with Crippen molar-refractivity contribution in [1.29, 1.82) is 0 Å². The van der Waals surface area contributed by atoms with E-state index in [2.05, 4.69) is 23.7 Å². The predicted molar refractivity (Wildman–Crippen MR) is 96.2 cm³/mol. The third-order valence-corrected chi connectivity index (χ3v) is 4.82. The number of aromatic nitrogens is 4. The Balaban J connectivity index is 1.96. The number of morpholine rings is 1. The lowest BCUT2D eigenvalue weighted by molar-refractivity contribution is -0.0385. The van der Waals surface area contributed by atoms with E-state index in [1.807, 2.05) is 0 Å². The topological polar surface area (TPSA) is 74.3 Å². The van der Waals surface area contributed by atoms with Crippen molar-refractivity contribution in [2.75, 3.05) is 26.2 Å². The number of imidazole rings is 1. The highest BCUT2D eigenvalue weighted by molar-refractivity contribution is 6.29. The third kappa shape index (κ3) is 3.38. The largest absolute Gasteiger partial charge is 0.374 e. The van der Waals surface area contributed by atoms with Gasteiger partial charge in [-0.15, -0.1) is 0 Å². The van der Waals surface area contributed by atoms with Gasteiger partial charge in [-0.2, -0.15) is 4.98 Å². The third-order valence-electron chi connectivity index (χ3n) is 4.53. The summed E-state index contributed by atoms with van der Waals surface area (Å²) in [7, 11) is 3.04. The van der Waals surface area contributed by atoms with Gasteiger partial charge in [0.05, 0.1) is 19.3 Å². The van der Waals surface area contributed by atoms with Crippen molar-refractivity contribution < 1.29 is 4.74 Å². The molecule has 2 aromatic heterocycles. The second-order valence-corrected chi connectivity index (χ2v) is 7.35. The van der Waals surface area contributed by atoms with Gasteiger partial charge >= 0.3 is 5.69 Å². The van der Waals surface area contributed by atoms with Crippen LogP contribution in [0.1, 0.15) is 13.8 Å². The summed E-state index contributed by atoms with van der Waals surface area (Å²) >= 11 is 6.28. The Kier molecular flexibility index (Phi) is 5.04. The number of nitrogens with zero attached hydrogens (tertiary/aromatic N) is 5. The van der Waals surface area contributed by atoms with Crippen molar-refractivity contribution in [3.63, 3.8) is 0 Å². The molecule has 0 aromatic carbocycles. The first-order valence-corrected chi connectivity index (χ1v) is 8.83. The van der Waals surface area contributed by atoms with Gasteiger partial charge in [0.2, 0.25) is 5.28 Å². The second-order valence-electron chi connectivity index (χ2n) is 7.02. The number of hydrogen-bond acceptors (Lipinski definition) is 5. The number of fused-ring (bicyclic) bond motifs is 1. The smallest absolute Gasteiger partial charge is 0.332 e. The van der Waals surface area contributed by atoms with E-state index in [1.54, 1.807) is 11.6 Å². The number of halogens is 1. The SMILES string of the molecule is CC(C)CN1CCO[C@@H](Cn2c(Cl)nc3c2c(=O)n(C)c(=O)n3C)C1. The number of ether oxygens (including phenoxy) is 1. The maximum Gasteiger partial charge on any atom is 0.332 e. The lowest BCUT2D eigenvalue weighted by atomic mass is 10.2. The maximum atomic E-state index is 12.6. The molecule has 3 rings (SSSR count). The molecule has 0 bridgehead atoms. The van der Waals surface area contributed by atoms with Crippen LogP contribution in [0, 0.1) is 5.92 Å². The van der Waals surface area contributed by atoms with E-state index in [1.165, 1.54) is 11.6 Å². The lowest BCUT2D eigenvalue weighted by Gasteiger charge is -2.34. The first-order valence-electron chi connectivity index (χ1n) is 8.45. The normalized spacial score (nSPS) is 19.2. The number of hydrogen-bond donors (Lipinski definition) is 0. The summed E-state index contributed by atoms with van der Waals surface area (Å²) in [5, 5.41) is 0.192. The van der Waals surface area contributed by atoms with Gasteiger partial charge in [-0.05, 0) is 17.5 Å². The van der Waals surface area contributed by atoms with Crippen LogP contribution in [0.3, 0.4) is 0 Å². The first-order chi connectivity index (χ1) is 11.8. The summed E-state index contributed by atoms with van der Waals surface area (Å²) in [6, 6.07) is 0. The molecule has 2 aromatic rings. The van der Waals surface area contributed by atoms with Gasteiger partial charge in [0, 0.05) is 33.7 Å². The molecule has 138 valence electrons. The molecule has 0 unspecified atom stereocenters. The Morgan fingerprint density at radius 2 is 2.00 bits per heavy atom. The van der Waals surface area contributed by atoms with Crippen LogP contribution in [0.5, 0.6) is 0 Å². The van der Waals surface area contributed by atoms with Crippen LogP contribution < -0.4 is 11.2 Å². The average molecular weight is 370 g/mol. The Morgan fingerprint density at radius 3 is 2.68 bits per heavy atom. The summed E-state index contributed by atoms with van der Waals surface area (Å²) in [5.41, 5.74) is -0.185. The molecule has 9 heteroatoms. The fraction of sp³-hybridized carbons (Fsp3) is 0.688. The Hall–Kier alpha value is -1.64. The molecule has 0 saturated carbocycles. The van der Waals surface area contributed by atoms with Gasteiger partial charge in [-0.3, -0.25) is 18.8 Å². The van der Waals surface area contributed by atoms with E-state index in [0.717, 1.165) is 24.2 Å². The summed E-state index contributed by atoms with van der Waals surface area (Å²) < 4.78 is 9.93. The van der Waals surface area contributed by atoms with Crippen LogP contribution >= 0.6 is 11.6 Å². The van der Waals surface area contributed by atoms with Gasteiger partial charge in [0.1, 0.15) is 0 Å². The standard InChI is InChI=1S/C16H24ClN5O3/c1-10(2)7-21-5-6-25-11(8-21)9-22-12-13(18-15(22)17)19(3)16(24)20(4)14(12)23/h10-11H,5-9H2,1-4H3/t11-/m1/s1. The van der Waals surface area contributed by atoms with E-state index < -0.39 is 11.2 Å². The molecule has 1 aliphatic rings. The fourth-order valence-corrected chi connectivity index (χ4v) is 3.60. The van der Waals surface area contributed by atoms with E-state index in [4.69, 9.17) is 16.3 Å². The molecule has 1 fully saturated rings. The molecule has 1 aliphatic heterocycles. The monoisotopic (exact) mass is 369 g/mol. The van der Waals surface area contributed by atoms with Crippen molar-refractivity contribution in [3.05, 3.63) is 26.1 Å². The summed E-state index contributed by atoms with van der Waals surface area (Å²) in [6.07, 6.45) is -0.0793. The Morgan fingerprint density at radius 1 is 1.28 bits per heavy atom. The highest BCUT2D eigenvalue weighted by Gasteiger charge is 2.25. The average Bonchev–Trinajstić information content (AvgIpc) is 2.87. The van der Waals surface area contributed by atoms with Crippen molar-refractivity contribution >= 4 is 22.8 Å². The van der Waals surface area contributed by atoms with Crippen LogP contribution in [0.2, 0.25) is 5.28 Å². The van der Waals surface area contributed by atoms with Crippen LogP contribution in [-0.4, -0.2) is 55.9 Å². The van der Waals surface area contributed by atoms with E-state index in [9.17, 15) is 9.59 Å². The molecule has 0 aliphatic carbocycles. The van der Waals surface area contributed by atoms with E-state index in [-0.39, 0.29) is 11.4 Å². The molecule has 8 nitrogen and oxygen atoms in total. The summed E-state index contributed by atoms with van der Waals surface area (Å²) in [4.78, 5) is 31.2. The van der Waals surface area contributed by atoms with Crippen LogP contribution in [0.15, 0.2) is 9.59 Å². The molecule has 0 spiro atoms. The quantitative estimate of drug-likeness (QED) is 0.731. The summed E-state index contributed by atoms with van der Waals surface area (Å²) in [6.45, 7) is 8.15. The van der Waals surface area contributed by atoms with Gasteiger partial charge in [0.25, 0.3) is 5.56 Å². The molecule has 25 heavy (non-hydrogen) atoms. The molecular formula is C16H24ClN5O3. The van der Waals surface area contributed by atoms with Crippen molar-refractivity contribution in [1.82, 2.24) is 23.6 Å². The highest BCUT2D eigenvalue weighted by atomic mass is 35.5. The number of aryl methyl sites for hydroxylation is 1. The molecule has 1 atom stereocenters. The lowest BCUT2D eigenvalue weighted by Crippen LogP contribution is -2.45. The summed E-state index contributed by atoms with van der Waals surface area (Å²) in [5.74, 6) is 0.582. The van der Waals surface area contributed by atoms with Gasteiger partial charge in [-0.1, -0.05) is 13.8 Å². The predicted octanol–water partition coefficient (Wildman–Crippen LogP) is 0.444. The molecule has 3 heterocycles. The Labute approximate surface area is 150 Å². The van der Waals surface area contributed by atoms with Crippen LogP contribution in [-0.2, 0) is 25.4 Å². The van der Waals surface area contributed by atoms with Crippen molar-refractivity contribution in [2.24, 2.45) is 20.0 Å².